The van der Waals surface area contributed by atoms with Gasteiger partial charge in [-0.3, -0.25) is 19.3 Å². The molecule has 0 radical (unpaired) electrons. The summed E-state index contributed by atoms with van der Waals surface area (Å²) >= 11 is 1.14. The first-order valence-corrected chi connectivity index (χ1v) is 10.1. The Morgan fingerprint density at radius 3 is 2.45 bits per heavy atom. The SMILES string of the molecule is CCC(C)C(C(=O)Nc1nc2ccc(F)cc2s1)N1C(=O)c2ccccc2C1=O. The van der Waals surface area contributed by atoms with Gasteiger partial charge in [-0.15, -0.1) is 0 Å². The zero-order chi connectivity index (χ0) is 20.7. The second-order valence-electron chi connectivity index (χ2n) is 6.98. The molecule has 1 aliphatic heterocycles. The second kappa shape index (κ2) is 7.36. The molecule has 6 nitrogen and oxygen atoms in total. The summed E-state index contributed by atoms with van der Waals surface area (Å²) in [6.45, 7) is 3.71. The Hall–Kier alpha value is -3.13. The number of imide groups is 1. The maximum atomic E-state index is 13.4. The van der Waals surface area contributed by atoms with E-state index in [1.54, 1.807) is 24.3 Å². The normalized spacial score (nSPS) is 15.5. The van der Waals surface area contributed by atoms with E-state index in [1.807, 2.05) is 13.8 Å². The number of nitrogens with zero attached hydrogens (tertiary/aromatic N) is 2. The molecule has 3 amide bonds. The largest absolute Gasteiger partial charge is 0.300 e. The number of hydrogen-bond acceptors (Lipinski definition) is 5. The molecular weight excluding hydrogens is 393 g/mol. The molecule has 4 rings (SSSR count). The van der Waals surface area contributed by atoms with Crippen molar-refractivity contribution in [2.24, 2.45) is 5.92 Å². The van der Waals surface area contributed by atoms with Crippen LogP contribution in [0.2, 0.25) is 0 Å². The molecule has 3 aromatic rings. The van der Waals surface area contributed by atoms with E-state index in [9.17, 15) is 18.8 Å². The van der Waals surface area contributed by atoms with Crippen molar-refractivity contribution in [2.45, 2.75) is 26.3 Å². The van der Waals surface area contributed by atoms with Gasteiger partial charge in [-0.1, -0.05) is 43.7 Å². The average Bonchev–Trinajstić information content (AvgIpc) is 3.21. The number of thiazole rings is 1. The van der Waals surface area contributed by atoms with Crippen molar-refractivity contribution < 1.29 is 18.8 Å². The van der Waals surface area contributed by atoms with Crippen LogP contribution in [0.3, 0.4) is 0 Å². The minimum atomic E-state index is -0.976. The van der Waals surface area contributed by atoms with Crippen LogP contribution in [0.1, 0.15) is 41.0 Å². The highest BCUT2D eigenvalue weighted by molar-refractivity contribution is 7.22. The van der Waals surface area contributed by atoms with E-state index in [0.717, 1.165) is 16.2 Å². The summed E-state index contributed by atoms with van der Waals surface area (Å²) in [4.78, 5) is 44.2. The Labute approximate surface area is 170 Å². The summed E-state index contributed by atoms with van der Waals surface area (Å²) in [5, 5.41) is 3.00. The number of aromatic nitrogens is 1. The highest BCUT2D eigenvalue weighted by Crippen LogP contribution is 2.30. The minimum Gasteiger partial charge on any atom is -0.300 e. The van der Waals surface area contributed by atoms with Crippen molar-refractivity contribution in [2.75, 3.05) is 5.32 Å². The molecular formula is C21H18FN3O3S. The van der Waals surface area contributed by atoms with E-state index in [1.165, 1.54) is 18.2 Å². The Balaban J connectivity index is 1.65. The van der Waals surface area contributed by atoms with Crippen molar-refractivity contribution >= 4 is 44.4 Å². The Kier molecular flexibility index (Phi) is 4.87. The number of amides is 3. The third-order valence-electron chi connectivity index (χ3n) is 5.14. The van der Waals surface area contributed by atoms with Gasteiger partial charge in [0.1, 0.15) is 11.9 Å². The fourth-order valence-electron chi connectivity index (χ4n) is 3.45. The number of carbonyl (C=O) groups is 3. The van der Waals surface area contributed by atoms with Crippen LogP contribution >= 0.6 is 11.3 Å². The highest BCUT2D eigenvalue weighted by atomic mass is 32.1. The first-order valence-electron chi connectivity index (χ1n) is 9.24. The summed E-state index contributed by atoms with van der Waals surface area (Å²) in [5.74, 6) is -2.09. The molecule has 0 aliphatic carbocycles. The summed E-state index contributed by atoms with van der Waals surface area (Å²) < 4.78 is 14.0. The molecule has 0 saturated carbocycles. The van der Waals surface area contributed by atoms with Crippen LogP contribution in [0.5, 0.6) is 0 Å². The number of benzene rings is 2. The summed E-state index contributed by atoms with van der Waals surface area (Å²) in [7, 11) is 0. The van der Waals surface area contributed by atoms with E-state index < -0.39 is 23.8 Å². The molecule has 2 aromatic carbocycles. The smallest absolute Gasteiger partial charge is 0.262 e. The maximum absolute atomic E-state index is 13.4. The van der Waals surface area contributed by atoms with Gasteiger partial charge in [0.2, 0.25) is 5.91 Å². The minimum absolute atomic E-state index is 0.260. The van der Waals surface area contributed by atoms with Crippen molar-refractivity contribution in [1.29, 1.82) is 0 Å². The first kappa shape index (κ1) is 19.2. The Morgan fingerprint density at radius 2 is 1.83 bits per heavy atom. The van der Waals surface area contributed by atoms with E-state index in [0.29, 0.717) is 32.9 Å². The molecule has 1 aromatic heterocycles. The van der Waals surface area contributed by atoms with Gasteiger partial charge in [0, 0.05) is 0 Å². The van der Waals surface area contributed by atoms with Crippen molar-refractivity contribution in [3.05, 3.63) is 59.4 Å². The lowest BCUT2D eigenvalue weighted by molar-refractivity contribution is -0.121. The maximum Gasteiger partial charge on any atom is 0.262 e. The van der Waals surface area contributed by atoms with Crippen molar-refractivity contribution in [3.63, 3.8) is 0 Å². The third-order valence-corrected chi connectivity index (χ3v) is 6.07. The van der Waals surface area contributed by atoms with Crippen LogP contribution in [0, 0.1) is 11.7 Å². The lowest BCUT2D eigenvalue weighted by atomic mass is 9.96. The Morgan fingerprint density at radius 1 is 1.17 bits per heavy atom. The van der Waals surface area contributed by atoms with Gasteiger partial charge in [0.05, 0.1) is 21.3 Å². The predicted octanol–water partition coefficient (Wildman–Crippen LogP) is 4.08. The molecule has 2 atom stereocenters. The molecule has 0 bridgehead atoms. The van der Waals surface area contributed by atoms with Crippen LogP contribution in [0.15, 0.2) is 42.5 Å². The van der Waals surface area contributed by atoms with Crippen LogP contribution in [0.25, 0.3) is 10.2 Å². The van der Waals surface area contributed by atoms with Gasteiger partial charge in [0.15, 0.2) is 5.13 Å². The molecule has 0 fully saturated rings. The Bertz CT molecular complexity index is 1110. The van der Waals surface area contributed by atoms with Crippen LogP contribution in [0.4, 0.5) is 9.52 Å². The van der Waals surface area contributed by atoms with Crippen LogP contribution in [-0.4, -0.2) is 33.6 Å². The lowest BCUT2D eigenvalue weighted by Gasteiger charge is -2.29. The van der Waals surface area contributed by atoms with Gasteiger partial charge < -0.3 is 5.32 Å². The monoisotopic (exact) mass is 411 g/mol. The molecule has 29 heavy (non-hydrogen) atoms. The highest BCUT2D eigenvalue weighted by Gasteiger charge is 2.44. The lowest BCUT2D eigenvalue weighted by Crippen LogP contribution is -2.50. The quantitative estimate of drug-likeness (QED) is 0.642. The van der Waals surface area contributed by atoms with Crippen LogP contribution < -0.4 is 5.32 Å². The number of anilines is 1. The second-order valence-corrected chi connectivity index (χ2v) is 8.01. The average molecular weight is 411 g/mol. The van der Waals surface area contributed by atoms with Gasteiger partial charge in [-0.25, -0.2) is 9.37 Å². The topological polar surface area (TPSA) is 79.4 Å². The fourth-order valence-corrected chi connectivity index (χ4v) is 4.34. The zero-order valence-electron chi connectivity index (χ0n) is 15.8. The molecule has 0 spiro atoms. The number of rotatable bonds is 5. The molecule has 1 aliphatic rings. The third kappa shape index (κ3) is 3.29. The molecule has 2 unspecified atom stereocenters. The summed E-state index contributed by atoms with van der Waals surface area (Å²) in [5.41, 5.74) is 1.16. The molecule has 2 heterocycles. The van der Waals surface area contributed by atoms with E-state index in [4.69, 9.17) is 0 Å². The van der Waals surface area contributed by atoms with E-state index >= 15 is 0 Å². The van der Waals surface area contributed by atoms with Gasteiger partial charge >= 0.3 is 0 Å². The van der Waals surface area contributed by atoms with Gasteiger partial charge in [-0.05, 0) is 36.2 Å². The molecule has 1 N–H and O–H groups in total. The zero-order valence-corrected chi connectivity index (χ0v) is 16.6. The van der Waals surface area contributed by atoms with Gasteiger partial charge in [0.25, 0.3) is 11.8 Å². The fraction of sp³-hybridized carbons (Fsp3) is 0.238. The summed E-state index contributed by atoms with van der Waals surface area (Å²) in [6, 6.07) is 9.75. The van der Waals surface area contributed by atoms with E-state index in [-0.39, 0.29) is 11.7 Å². The molecule has 0 saturated heterocycles. The number of halogens is 1. The number of fused-ring (bicyclic) bond motifs is 2. The number of carbonyl (C=O) groups excluding carboxylic acids is 3. The van der Waals surface area contributed by atoms with Crippen molar-refractivity contribution in [1.82, 2.24) is 9.88 Å². The standard InChI is InChI=1S/C21H18FN3O3S/c1-3-11(2)17(25-19(27)13-6-4-5-7-14(13)20(25)28)18(26)24-21-23-15-9-8-12(22)10-16(15)29-21/h4-11,17H,3H2,1-2H3,(H,23,24,26). The summed E-state index contributed by atoms with van der Waals surface area (Å²) in [6.07, 6.45) is 0.594. The molecule has 8 heteroatoms. The first-order chi connectivity index (χ1) is 13.9. The van der Waals surface area contributed by atoms with Gasteiger partial charge in [-0.2, -0.15) is 0 Å². The van der Waals surface area contributed by atoms with Crippen molar-refractivity contribution in [3.8, 4) is 0 Å². The predicted molar refractivity (Wildman–Crippen MR) is 108 cm³/mol. The van der Waals surface area contributed by atoms with Crippen LogP contribution in [-0.2, 0) is 4.79 Å². The number of nitrogens with one attached hydrogen (secondary N) is 1. The van der Waals surface area contributed by atoms with E-state index in [2.05, 4.69) is 10.3 Å². The number of hydrogen-bond donors (Lipinski definition) is 1. The molecule has 148 valence electrons.